The number of aromatic nitrogens is 2. The van der Waals surface area contributed by atoms with E-state index in [2.05, 4.69) is 30.4 Å². The maximum Gasteiger partial charge on any atom is 0.326 e. The number of aliphatic carboxylic acids is 1. The smallest absolute Gasteiger partial charge is 0.326 e. The number of hydrogen-bond acceptors (Lipinski definition) is 9. The first-order valence-electron chi connectivity index (χ1n) is 12.9. The number of rotatable bonds is 11. The van der Waals surface area contributed by atoms with Crippen LogP contribution in [0.25, 0.3) is 0 Å². The number of carboxylic acids is 1. The van der Waals surface area contributed by atoms with E-state index in [1.54, 1.807) is 24.4 Å². The molecule has 0 bridgehead atoms. The molecule has 2 fully saturated rings. The predicted molar refractivity (Wildman–Crippen MR) is 140 cm³/mol. The maximum atomic E-state index is 12.6. The first-order valence-corrected chi connectivity index (χ1v) is 12.9. The van der Waals surface area contributed by atoms with Crippen molar-refractivity contribution in [3.8, 4) is 0 Å². The Morgan fingerprint density at radius 2 is 1.34 bits per heavy atom. The van der Waals surface area contributed by atoms with Crippen LogP contribution in [0.15, 0.2) is 36.7 Å². The Hall–Kier alpha value is -3.77. The molecule has 2 aromatic heterocycles. The van der Waals surface area contributed by atoms with Gasteiger partial charge in [-0.2, -0.15) is 0 Å². The van der Waals surface area contributed by atoms with Gasteiger partial charge in [-0.25, -0.2) is 14.8 Å². The van der Waals surface area contributed by atoms with Gasteiger partial charge >= 0.3 is 5.97 Å². The summed E-state index contributed by atoms with van der Waals surface area (Å²) in [6, 6.07) is 5.93. The molecule has 1 unspecified atom stereocenters. The van der Waals surface area contributed by atoms with Gasteiger partial charge in [0.2, 0.25) is 0 Å². The monoisotopic (exact) mass is 526 g/mol. The van der Waals surface area contributed by atoms with Crippen LogP contribution >= 0.6 is 0 Å². The molecule has 12 nitrogen and oxygen atoms in total. The van der Waals surface area contributed by atoms with Gasteiger partial charge in [0.1, 0.15) is 17.7 Å². The summed E-state index contributed by atoms with van der Waals surface area (Å²) in [5.41, 5.74) is 0.764. The number of morpholine rings is 2. The summed E-state index contributed by atoms with van der Waals surface area (Å²) < 4.78 is 10.7. The second-order valence-electron chi connectivity index (χ2n) is 9.12. The fourth-order valence-electron chi connectivity index (χ4n) is 4.28. The Kier molecular flexibility index (Phi) is 9.82. The molecule has 0 spiro atoms. The number of carbonyl (C=O) groups excluding carboxylic acids is 2. The fraction of sp³-hybridized carbons (Fsp3) is 0.500. The molecule has 0 radical (unpaired) electrons. The van der Waals surface area contributed by atoms with E-state index >= 15 is 0 Å². The number of nitrogens with one attached hydrogen (secondary N) is 2. The van der Waals surface area contributed by atoms with Crippen molar-refractivity contribution in [2.75, 3.05) is 69.0 Å². The molecule has 3 N–H and O–H groups in total. The van der Waals surface area contributed by atoms with Gasteiger partial charge in [-0.05, 0) is 43.5 Å². The fourth-order valence-corrected chi connectivity index (χ4v) is 4.28. The lowest BCUT2D eigenvalue weighted by Crippen LogP contribution is -2.41. The van der Waals surface area contributed by atoms with Crippen LogP contribution in [0.5, 0.6) is 0 Å². The van der Waals surface area contributed by atoms with E-state index in [0.29, 0.717) is 56.9 Å². The predicted octanol–water partition coefficient (Wildman–Crippen LogP) is 0.933. The van der Waals surface area contributed by atoms with Crippen LogP contribution in [0.2, 0.25) is 0 Å². The normalized spacial score (nSPS) is 16.5. The lowest BCUT2D eigenvalue weighted by atomic mass is 10.1. The Balaban J connectivity index is 1.17. The summed E-state index contributed by atoms with van der Waals surface area (Å²) in [5.74, 6) is -0.255. The molecule has 0 saturated carbocycles. The van der Waals surface area contributed by atoms with Crippen LogP contribution in [0.3, 0.4) is 0 Å². The highest BCUT2D eigenvalue weighted by Crippen LogP contribution is 2.14. The van der Waals surface area contributed by atoms with Crippen molar-refractivity contribution >= 4 is 29.4 Å². The van der Waals surface area contributed by atoms with Crippen molar-refractivity contribution in [1.29, 1.82) is 0 Å². The van der Waals surface area contributed by atoms with Gasteiger partial charge in [0, 0.05) is 45.1 Å². The zero-order valence-corrected chi connectivity index (χ0v) is 21.3. The Bertz CT molecular complexity index is 1070. The van der Waals surface area contributed by atoms with Gasteiger partial charge in [0.25, 0.3) is 11.8 Å². The number of pyridine rings is 2. The van der Waals surface area contributed by atoms with Crippen molar-refractivity contribution in [2.24, 2.45) is 0 Å². The van der Waals surface area contributed by atoms with Crippen LogP contribution in [-0.2, 0) is 14.3 Å². The van der Waals surface area contributed by atoms with E-state index in [1.165, 1.54) is 6.20 Å². The van der Waals surface area contributed by atoms with Gasteiger partial charge in [0.05, 0.1) is 37.6 Å². The SMILES string of the molecule is O=C(NCCCCC(NC(=O)c1ccc(N2CCOCC2)nc1)C(=O)O)c1ccc(N2CCOCC2)nc1. The Labute approximate surface area is 221 Å². The standard InChI is InChI=1S/C26H34N6O6/c33-24(19-4-6-22(28-17-19)31-9-13-37-14-10-31)27-8-2-1-3-21(26(35)36)30-25(34)20-5-7-23(29-18-20)32-11-15-38-16-12-32/h4-7,17-18,21H,1-3,8-16H2,(H,27,33)(H,30,34)(H,35,36). The Morgan fingerprint density at radius 1 is 0.816 bits per heavy atom. The number of nitrogens with zero attached hydrogens (tertiary/aromatic N) is 4. The maximum absolute atomic E-state index is 12.6. The van der Waals surface area contributed by atoms with Crippen LogP contribution < -0.4 is 20.4 Å². The minimum absolute atomic E-state index is 0.234. The molecule has 1 atom stereocenters. The molecule has 2 saturated heterocycles. The van der Waals surface area contributed by atoms with Crippen LogP contribution in [0.4, 0.5) is 11.6 Å². The molecule has 2 aliphatic rings. The van der Waals surface area contributed by atoms with Crippen molar-refractivity contribution in [1.82, 2.24) is 20.6 Å². The van der Waals surface area contributed by atoms with Crippen molar-refractivity contribution < 1.29 is 29.0 Å². The zero-order chi connectivity index (χ0) is 26.7. The molecule has 2 amide bonds. The van der Waals surface area contributed by atoms with E-state index in [-0.39, 0.29) is 12.3 Å². The number of anilines is 2. The number of hydrogen-bond donors (Lipinski definition) is 3. The van der Waals surface area contributed by atoms with Gasteiger partial charge in [-0.15, -0.1) is 0 Å². The molecule has 38 heavy (non-hydrogen) atoms. The van der Waals surface area contributed by atoms with E-state index in [0.717, 1.165) is 37.8 Å². The van der Waals surface area contributed by atoms with Gasteiger partial charge < -0.3 is 35.0 Å². The number of unbranched alkanes of at least 4 members (excludes halogenated alkanes) is 1. The summed E-state index contributed by atoms with van der Waals surface area (Å²) >= 11 is 0. The van der Waals surface area contributed by atoms with Crippen molar-refractivity contribution in [3.05, 3.63) is 47.8 Å². The van der Waals surface area contributed by atoms with Crippen LogP contribution in [-0.4, -0.2) is 98.1 Å². The second-order valence-corrected chi connectivity index (χ2v) is 9.12. The third kappa shape index (κ3) is 7.62. The number of carbonyl (C=O) groups is 3. The van der Waals surface area contributed by atoms with Gasteiger partial charge in [-0.1, -0.05) is 0 Å². The third-order valence-electron chi connectivity index (χ3n) is 6.50. The van der Waals surface area contributed by atoms with Crippen LogP contribution in [0, 0.1) is 0 Å². The first-order chi connectivity index (χ1) is 18.5. The average molecular weight is 527 g/mol. The highest BCUT2D eigenvalue weighted by molar-refractivity contribution is 5.96. The van der Waals surface area contributed by atoms with Crippen LogP contribution in [0.1, 0.15) is 40.0 Å². The molecule has 12 heteroatoms. The summed E-state index contributed by atoms with van der Waals surface area (Å²) in [7, 11) is 0. The molecule has 4 rings (SSSR count). The second kappa shape index (κ2) is 13.7. The molecule has 204 valence electrons. The molecular formula is C26H34N6O6. The lowest BCUT2D eigenvalue weighted by Gasteiger charge is -2.27. The van der Waals surface area contributed by atoms with E-state index in [4.69, 9.17) is 9.47 Å². The highest BCUT2D eigenvalue weighted by atomic mass is 16.5. The van der Waals surface area contributed by atoms with Gasteiger partial charge in [-0.3, -0.25) is 9.59 Å². The molecule has 0 aliphatic carbocycles. The first kappa shape index (κ1) is 27.3. The molecular weight excluding hydrogens is 492 g/mol. The lowest BCUT2D eigenvalue weighted by molar-refractivity contribution is -0.139. The summed E-state index contributed by atoms with van der Waals surface area (Å²) in [5, 5.41) is 15.0. The molecule has 4 heterocycles. The summed E-state index contributed by atoms with van der Waals surface area (Å²) in [6.07, 6.45) is 4.34. The minimum Gasteiger partial charge on any atom is -0.480 e. The quantitative estimate of drug-likeness (QED) is 0.362. The molecule has 0 aromatic carbocycles. The average Bonchev–Trinajstić information content (AvgIpc) is 2.97. The summed E-state index contributed by atoms with van der Waals surface area (Å²) in [4.78, 5) is 49.6. The highest BCUT2D eigenvalue weighted by Gasteiger charge is 2.21. The number of amides is 2. The zero-order valence-electron chi connectivity index (χ0n) is 21.3. The van der Waals surface area contributed by atoms with Crippen molar-refractivity contribution in [2.45, 2.75) is 25.3 Å². The Morgan fingerprint density at radius 3 is 1.82 bits per heavy atom. The van der Waals surface area contributed by atoms with E-state index in [1.807, 2.05) is 6.07 Å². The van der Waals surface area contributed by atoms with Gasteiger partial charge in [0.15, 0.2) is 0 Å². The molecule has 2 aliphatic heterocycles. The van der Waals surface area contributed by atoms with E-state index in [9.17, 15) is 19.5 Å². The topological polar surface area (TPSA) is 146 Å². The summed E-state index contributed by atoms with van der Waals surface area (Å²) in [6.45, 7) is 5.99. The minimum atomic E-state index is -1.10. The number of carboxylic acid groups (broad SMARTS) is 1. The largest absolute Gasteiger partial charge is 0.480 e. The molecule has 2 aromatic rings. The number of ether oxygens (including phenoxy) is 2. The third-order valence-corrected chi connectivity index (χ3v) is 6.50. The van der Waals surface area contributed by atoms with E-state index < -0.39 is 17.9 Å². The van der Waals surface area contributed by atoms with Crippen molar-refractivity contribution in [3.63, 3.8) is 0 Å².